The average molecular weight is 412 g/mol. The third kappa shape index (κ3) is 4.86. The van der Waals surface area contributed by atoms with Gasteiger partial charge in [-0.25, -0.2) is 13.2 Å². The van der Waals surface area contributed by atoms with Gasteiger partial charge in [-0.3, -0.25) is 10.1 Å². The maximum Gasteiger partial charge on any atom is 0.338 e. The van der Waals surface area contributed by atoms with E-state index < -0.39 is 28.5 Å². The predicted molar refractivity (Wildman–Crippen MR) is 94.8 cm³/mol. The van der Waals surface area contributed by atoms with Crippen LogP contribution in [0, 0.1) is 0 Å². The highest BCUT2D eigenvalue weighted by Gasteiger charge is 2.26. The standard InChI is InChI=1S/C15H16N4O6S2/c20-13(17-15-18-16-10-26-15)9-25-14(21)11-1-3-12(4-2-11)27(22,23)19-5-7-24-8-6-19/h1-4,10H,5-9H2,(H,17,18,20). The lowest BCUT2D eigenvalue weighted by Crippen LogP contribution is -2.40. The number of benzene rings is 1. The summed E-state index contributed by atoms with van der Waals surface area (Å²) in [6, 6.07) is 5.36. The Morgan fingerprint density at radius 1 is 1.22 bits per heavy atom. The van der Waals surface area contributed by atoms with Gasteiger partial charge in [0.25, 0.3) is 5.91 Å². The van der Waals surface area contributed by atoms with Crippen molar-refractivity contribution in [2.45, 2.75) is 4.90 Å². The molecule has 144 valence electrons. The van der Waals surface area contributed by atoms with Gasteiger partial charge in [-0.05, 0) is 24.3 Å². The Hall–Kier alpha value is -2.41. The minimum atomic E-state index is -3.63. The van der Waals surface area contributed by atoms with Crippen LogP contribution in [-0.2, 0) is 24.3 Å². The number of hydrogen-bond donors (Lipinski definition) is 1. The van der Waals surface area contributed by atoms with E-state index >= 15 is 0 Å². The number of anilines is 1. The van der Waals surface area contributed by atoms with Crippen LogP contribution in [0.3, 0.4) is 0 Å². The highest BCUT2D eigenvalue weighted by Crippen LogP contribution is 2.18. The summed E-state index contributed by atoms with van der Waals surface area (Å²) in [5.41, 5.74) is 1.59. The largest absolute Gasteiger partial charge is 0.452 e. The number of ether oxygens (including phenoxy) is 2. The summed E-state index contributed by atoms with van der Waals surface area (Å²) in [6.07, 6.45) is 0. The second-order valence-electron chi connectivity index (χ2n) is 5.41. The van der Waals surface area contributed by atoms with E-state index in [4.69, 9.17) is 9.47 Å². The molecule has 3 rings (SSSR count). The summed E-state index contributed by atoms with van der Waals surface area (Å²) in [4.78, 5) is 23.8. The SMILES string of the molecule is O=C(COC(=O)c1ccc(S(=O)(=O)N2CCOCC2)cc1)Nc1nncs1. The van der Waals surface area contributed by atoms with Gasteiger partial charge >= 0.3 is 5.97 Å². The Labute approximate surface area is 159 Å². The molecule has 1 fully saturated rings. The molecule has 12 heteroatoms. The first-order valence-corrected chi connectivity index (χ1v) is 10.2. The van der Waals surface area contributed by atoms with Gasteiger partial charge < -0.3 is 9.47 Å². The summed E-state index contributed by atoms with van der Waals surface area (Å²) < 4.78 is 36.5. The van der Waals surface area contributed by atoms with Gasteiger partial charge in [-0.1, -0.05) is 11.3 Å². The summed E-state index contributed by atoms with van der Waals surface area (Å²) in [6.45, 7) is 0.781. The molecule has 0 spiro atoms. The number of rotatable bonds is 6. The molecule has 0 saturated carbocycles. The smallest absolute Gasteiger partial charge is 0.338 e. The van der Waals surface area contributed by atoms with E-state index in [9.17, 15) is 18.0 Å². The summed E-state index contributed by atoms with van der Waals surface area (Å²) in [5, 5.41) is 9.93. The van der Waals surface area contributed by atoms with Gasteiger partial charge in [0.15, 0.2) is 6.61 Å². The van der Waals surface area contributed by atoms with Gasteiger partial charge in [-0.2, -0.15) is 4.31 Å². The normalized spacial score (nSPS) is 15.3. The third-order valence-electron chi connectivity index (χ3n) is 3.64. The maximum atomic E-state index is 12.5. The first kappa shape index (κ1) is 19.4. The molecule has 0 radical (unpaired) electrons. The van der Waals surface area contributed by atoms with E-state index in [1.807, 2.05) is 0 Å². The van der Waals surface area contributed by atoms with Crippen LogP contribution in [0.1, 0.15) is 10.4 Å². The molecule has 0 bridgehead atoms. The number of nitrogens with zero attached hydrogens (tertiary/aromatic N) is 3. The minimum Gasteiger partial charge on any atom is -0.452 e. The predicted octanol–water partition coefficient (Wildman–Crippen LogP) is 0.354. The van der Waals surface area contributed by atoms with E-state index in [1.165, 1.54) is 34.1 Å². The molecule has 0 aliphatic carbocycles. The number of morpholine rings is 1. The summed E-state index contributed by atoms with van der Waals surface area (Å²) in [7, 11) is -3.63. The van der Waals surface area contributed by atoms with Crippen molar-refractivity contribution in [3.05, 3.63) is 35.3 Å². The molecule has 1 amide bonds. The molecular formula is C15H16N4O6S2. The van der Waals surface area contributed by atoms with Crippen LogP contribution >= 0.6 is 11.3 Å². The van der Waals surface area contributed by atoms with Crippen LogP contribution in [-0.4, -0.2) is 67.7 Å². The highest BCUT2D eigenvalue weighted by molar-refractivity contribution is 7.89. The van der Waals surface area contributed by atoms with Gasteiger partial charge in [-0.15, -0.1) is 10.2 Å². The van der Waals surface area contributed by atoms with E-state index in [1.54, 1.807) is 0 Å². The number of esters is 1. The first-order chi connectivity index (χ1) is 13.0. The Kier molecular flexibility index (Phi) is 6.11. The molecule has 2 heterocycles. The van der Waals surface area contributed by atoms with Crippen molar-refractivity contribution in [1.82, 2.24) is 14.5 Å². The van der Waals surface area contributed by atoms with Crippen molar-refractivity contribution in [3.63, 3.8) is 0 Å². The molecule has 27 heavy (non-hydrogen) atoms. The lowest BCUT2D eigenvalue weighted by atomic mass is 10.2. The second kappa shape index (κ2) is 8.52. The lowest BCUT2D eigenvalue weighted by Gasteiger charge is -2.26. The van der Waals surface area contributed by atoms with E-state index in [0.29, 0.717) is 18.3 Å². The quantitative estimate of drug-likeness (QED) is 0.674. The van der Waals surface area contributed by atoms with Gasteiger partial charge in [0.2, 0.25) is 15.2 Å². The second-order valence-corrected chi connectivity index (χ2v) is 8.18. The van der Waals surface area contributed by atoms with E-state index in [-0.39, 0.29) is 23.5 Å². The molecular weight excluding hydrogens is 396 g/mol. The van der Waals surface area contributed by atoms with Crippen LogP contribution < -0.4 is 5.32 Å². The van der Waals surface area contributed by atoms with E-state index in [2.05, 4.69) is 15.5 Å². The molecule has 1 aromatic heterocycles. The Morgan fingerprint density at radius 3 is 2.56 bits per heavy atom. The van der Waals surface area contributed by atoms with Gasteiger partial charge in [0.05, 0.1) is 23.7 Å². The van der Waals surface area contributed by atoms with Crippen LogP contribution in [0.15, 0.2) is 34.7 Å². The fourth-order valence-electron chi connectivity index (χ4n) is 2.30. The van der Waals surface area contributed by atoms with Crippen molar-refractivity contribution in [2.24, 2.45) is 0 Å². The van der Waals surface area contributed by atoms with Gasteiger partial charge in [0.1, 0.15) is 5.51 Å². The Balaban J connectivity index is 1.57. The van der Waals surface area contributed by atoms with E-state index in [0.717, 1.165) is 11.3 Å². The molecule has 2 aromatic rings. The fourth-order valence-corrected chi connectivity index (χ4v) is 4.17. The molecule has 1 N–H and O–H groups in total. The fraction of sp³-hybridized carbons (Fsp3) is 0.333. The lowest BCUT2D eigenvalue weighted by molar-refractivity contribution is -0.119. The maximum absolute atomic E-state index is 12.5. The Morgan fingerprint density at radius 2 is 1.93 bits per heavy atom. The minimum absolute atomic E-state index is 0.0787. The molecule has 10 nitrogen and oxygen atoms in total. The molecule has 1 aliphatic heterocycles. The molecule has 0 atom stereocenters. The summed E-state index contributed by atoms with van der Waals surface area (Å²) in [5.74, 6) is -1.29. The molecule has 0 unspecified atom stereocenters. The number of hydrogen-bond acceptors (Lipinski definition) is 9. The number of nitrogens with one attached hydrogen (secondary N) is 1. The van der Waals surface area contributed by atoms with Crippen LogP contribution in [0.25, 0.3) is 0 Å². The van der Waals surface area contributed by atoms with Crippen molar-refractivity contribution >= 4 is 38.4 Å². The zero-order chi connectivity index (χ0) is 19.3. The topological polar surface area (TPSA) is 128 Å². The molecule has 1 aliphatic rings. The number of sulfonamides is 1. The zero-order valence-corrected chi connectivity index (χ0v) is 15.7. The van der Waals surface area contributed by atoms with Crippen molar-refractivity contribution in [1.29, 1.82) is 0 Å². The number of carbonyl (C=O) groups is 2. The summed E-state index contributed by atoms with van der Waals surface area (Å²) >= 11 is 1.13. The average Bonchev–Trinajstić information content (AvgIpc) is 3.20. The monoisotopic (exact) mass is 412 g/mol. The van der Waals surface area contributed by atoms with Crippen LogP contribution in [0.2, 0.25) is 0 Å². The molecule has 1 saturated heterocycles. The zero-order valence-electron chi connectivity index (χ0n) is 14.0. The molecule has 1 aromatic carbocycles. The number of amides is 1. The number of aromatic nitrogens is 2. The van der Waals surface area contributed by atoms with Crippen molar-refractivity contribution in [2.75, 3.05) is 38.2 Å². The van der Waals surface area contributed by atoms with Crippen molar-refractivity contribution < 1.29 is 27.5 Å². The van der Waals surface area contributed by atoms with Crippen LogP contribution in [0.5, 0.6) is 0 Å². The number of carbonyl (C=O) groups excluding carboxylic acids is 2. The highest BCUT2D eigenvalue weighted by atomic mass is 32.2. The Bertz CT molecular complexity index is 893. The third-order valence-corrected chi connectivity index (χ3v) is 6.16. The first-order valence-electron chi connectivity index (χ1n) is 7.88. The van der Waals surface area contributed by atoms with Crippen LogP contribution in [0.4, 0.5) is 5.13 Å². The van der Waals surface area contributed by atoms with Gasteiger partial charge in [0, 0.05) is 13.1 Å². The van der Waals surface area contributed by atoms with Crippen molar-refractivity contribution in [3.8, 4) is 0 Å².